The maximum Gasteiger partial charge on any atom is 0.313 e. The zero-order valence-electron chi connectivity index (χ0n) is 11.6. The van der Waals surface area contributed by atoms with Crippen LogP contribution in [0.25, 0.3) is 11.0 Å². The van der Waals surface area contributed by atoms with Crippen LogP contribution in [0.4, 0.5) is 0 Å². The van der Waals surface area contributed by atoms with Gasteiger partial charge < -0.3 is 9.67 Å². The van der Waals surface area contributed by atoms with Gasteiger partial charge in [0.1, 0.15) is 0 Å². The van der Waals surface area contributed by atoms with Crippen molar-refractivity contribution in [2.45, 2.75) is 37.4 Å². The molecule has 0 atom stereocenters. The summed E-state index contributed by atoms with van der Waals surface area (Å²) in [7, 11) is 0. The molecule has 0 saturated heterocycles. The first-order chi connectivity index (χ1) is 10.1. The molecule has 1 aliphatic carbocycles. The number of thioether (sulfide) groups is 1. The number of aryl methyl sites for hydroxylation is 1. The summed E-state index contributed by atoms with van der Waals surface area (Å²) in [5.41, 5.74) is 1.75. The molecule has 2 aromatic rings. The van der Waals surface area contributed by atoms with E-state index < -0.39 is 5.97 Å². The molecule has 0 spiro atoms. The molecule has 0 radical (unpaired) electrons. The topological polar surface area (TPSA) is 55.1 Å². The highest BCUT2D eigenvalue weighted by molar-refractivity contribution is 7.99. The van der Waals surface area contributed by atoms with Crippen LogP contribution in [0, 0.1) is 5.92 Å². The molecule has 0 aliphatic heterocycles. The fraction of sp³-hybridized carbons (Fsp3) is 0.467. The van der Waals surface area contributed by atoms with Gasteiger partial charge in [-0.2, -0.15) is 0 Å². The largest absolute Gasteiger partial charge is 0.481 e. The number of benzene rings is 1. The quantitative estimate of drug-likeness (QED) is 0.780. The molecule has 0 unspecified atom stereocenters. The molecule has 1 aliphatic rings. The van der Waals surface area contributed by atoms with Crippen LogP contribution in [0.2, 0.25) is 5.02 Å². The van der Waals surface area contributed by atoms with Crippen molar-refractivity contribution >= 4 is 40.4 Å². The van der Waals surface area contributed by atoms with Crippen LogP contribution in [-0.2, 0) is 11.3 Å². The Morgan fingerprint density at radius 2 is 2.29 bits per heavy atom. The third kappa shape index (κ3) is 3.52. The zero-order valence-corrected chi connectivity index (χ0v) is 13.2. The number of fused-ring (bicyclic) bond motifs is 1. The molecule has 1 aromatic heterocycles. The Morgan fingerprint density at radius 3 is 3.00 bits per heavy atom. The number of para-hydroxylation sites is 1. The fourth-order valence-electron chi connectivity index (χ4n) is 2.51. The van der Waals surface area contributed by atoms with E-state index in [9.17, 15) is 4.79 Å². The molecule has 1 aromatic carbocycles. The summed E-state index contributed by atoms with van der Waals surface area (Å²) in [5.74, 6) is 0.0804. The van der Waals surface area contributed by atoms with E-state index >= 15 is 0 Å². The number of aliphatic carboxylic acids is 1. The van der Waals surface area contributed by atoms with Crippen LogP contribution in [0.3, 0.4) is 0 Å². The van der Waals surface area contributed by atoms with Crippen LogP contribution in [0.15, 0.2) is 23.4 Å². The Morgan fingerprint density at radius 1 is 1.48 bits per heavy atom. The van der Waals surface area contributed by atoms with Crippen LogP contribution in [-0.4, -0.2) is 26.4 Å². The lowest BCUT2D eigenvalue weighted by molar-refractivity contribution is -0.133. The van der Waals surface area contributed by atoms with Gasteiger partial charge in [0.2, 0.25) is 0 Å². The van der Waals surface area contributed by atoms with E-state index in [1.165, 1.54) is 31.0 Å². The number of hydrogen-bond acceptors (Lipinski definition) is 3. The van der Waals surface area contributed by atoms with Gasteiger partial charge in [-0.25, -0.2) is 4.98 Å². The van der Waals surface area contributed by atoms with Gasteiger partial charge in [0.15, 0.2) is 5.16 Å². The lowest BCUT2D eigenvalue weighted by Crippen LogP contribution is -2.04. The first-order valence-corrected chi connectivity index (χ1v) is 8.51. The van der Waals surface area contributed by atoms with Gasteiger partial charge in [-0.15, -0.1) is 0 Å². The van der Waals surface area contributed by atoms with Crippen molar-refractivity contribution in [2.75, 3.05) is 5.75 Å². The van der Waals surface area contributed by atoms with Crippen molar-refractivity contribution in [3.05, 3.63) is 23.2 Å². The Bertz CT molecular complexity index is 667. The third-order valence-corrected chi connectivity index (χ3v) is 4.96. The van der Waals surface area contributed by atoms with Gasteiger partial charge in [-0.1, -0.05) is 42.3 Å². The Hall–Kier alpha value is -1.20. The molecule has 112 valence electrons. The summed E-state index contributed by atoms with van der Waals surface area (Å²) in [6, 6.07) is 5.65. The number of carboxylic acid groups (broad SMARTS) is 1. The Balaban J connectivity index is 1.86. The number of carboxylic acids is 1. The molecule has 3 rings (SSSR count). The average molecular weight is 325 g/mol. The highest BCUT2D eigenvalue weighted by Gasteiger charge is 2.21. The van der Waals surface area contributed by atoms with Crippen molar-refractivity contribution in [3.8, 4) is 0 Å². The van der Waals surface area contributed by atoms with Crippen molar-refractivity contribution in [1.29, 1.82) is 0 Å². The first-order valence-electron chi connectivity index (χ1n) is 7.14. The molecule has 0 amide bonds. The lowest BCUT2D eigenvalue weighted by Gasteiger charge is -2.08. The minimum Gasteiger partial charge on any atom is -0.481 e. The summed E-state index contributed by atoms with van der Waals surface area (Å²) < 4.78 is 2.08. The van der Waals surface area contributed by atoms with Crippen molar-refractivity contribution in [1.82, 2.24) is 9.55 Å². The number of halogens is 1. The van der Waals surface area contributed by atoms with E-state index in [1.807, 2.05) is 18.2 Å². The SMILES string of the molecule is O=C(O)CSc1nc2cccc(Cl)c2n1CCCC1CC1. The Labute approximate surface area is 132 Å². The van der Waals surface area contributed by atoms with E-state index in [0.717, 1.165) is 35.1 Å². The summed E-state index contributed by atoms with van der Waals surface area (Å²) in [5, 5.41) is 10.3. The highest BCUT2D eigenvalue weighted by Crippen LogP contribution is 2.35. The zero-order chi connectivity index (χ0) is 14.8. The van der Waals surface area contributed by atoms with Gasteiger partial charge in [-0.3, -0.25) is 4.79 Å². The number of imidazole rings is 1. The predicted molar refractivity (Wildman–Crippen MR) is 85.1 cm³/mol. The number of nitrogens with zero attached hydrogens (tertiary/aromatic N) is 2. The highest BCUT2D eigenvalue weighted by atomic mass is 35.5. The van der Waals surface area contributed by atoms with Crippen molar-refractivity contribution in [3.63, 3.8) is 0 Å². The summed E-state index contributed by atoms with van der Waals surface area (Å²) in [4.78, 5) is 15.3. The second kappa shape index (κ2) is 6.28. The van der Waals surface area contributed by atoms with E-state index in [1.54, 1.807) is 0 Å². The minimum atomic E-state index is -0.831. The molecule has 6 heteroatoms. The molecule has 4 nitrogen and oxygen atoms in total. The maximum atomic E-state index is 10.8. The average Bonchev–Trinajstić information content (AvgIpc) is 3.18. The molecular formula is C15H17ClN2O2S. The lowest BCUT2D eigenvalue weighted by atomic mass is 10.2. The molecule has 21 heavy (non-hydrogen) atoms. The summed E-state index contributed by atoms with van der Waals surface area (Å²) in [6.07, 6.45) is 5.02. The van der Waals surface area contributed by atoms with Gasteiger partial charge in [0, 0.05) is 6.54 Å². The fourth-order valence-corrected chi connectivity index (χ4v) is 3.53. The minimum absolute atomic E-state index is 0.0174. The number of carbonyl (C=O) groups is 1. The van der Waals surface area contributed by atoms with E-state index in [4.69, 9.17) is 16.7 Å². The van der Waals surface area contributed by atoms with Gasteiger partial charge in [-0.05, 0) is 30.9 Å². The second-order valence-corrected chi connectivity index (χ2v) is 6.77. The predicted octanol–water partition coefficient (Wildman–Crippen LogP) is 4.06. The van der Waals surface area contributed by atoms with E-state index in [2.05, 4.69) is 9.55 Å². The van der Waals surface area contributed by atoms with Gasteiger partial charge in [0.25, 0.3) is 0 Å². The van der Waals surface area contributed by atoms with Crippen molar-refractivity contribution < 1.29 is 9.90 Å². The van der Waals surface area contributed by atoms with Crippen LogP contribution in [0.5, 0.6) is 0 Å². The van der Waals surface area contributed by atoms with Crippen LogP contribution >= 0.6 is 23.4 Å². The van der Waals surface area contributed by atoms with E-state index in [-0.39, 0.29) is 5.75 Å². The first kappa shape index (κ1) is 14.7. The van der Waals surface area contributed by atoms with E-state index in [0.29, 0.717) is 5.02 Å². The van der Waals surface area contributed by atoms with Gasteiger partial charge in [0.05, 0.1) is 21.8 Å². The summed E-state index contributed by atoms with van der Waals surface area (Å²) in [6.45, 7) is 0.846. The van der Waals surface area contributed by atoms with Gasteiger partial charge >= 0.3 is 5.97 Å². The molecule has 1 N–H and O–H groups in total. The second-order valence-electron chi connectivity index (χ2n) is 5.42. The van der Waals surface area contributed by atoms with Crippen LogP contribution in [0.1, 0.15) is 25.7 Å². The molecule has 1 heterocycles. The molecular weight excluding hydrogens is 308 g/mol. The third-order valence-electron chi connectivity index (χ3n) is 3.70. The molecule has 1 saturated carbocycles. The normalized spacial score (nSPS) is 14.7. The van der Waals surface area contributed by atoms with Crippen LogP contribution < -0.4 is 0 Å². The Kier molecular flexibility index (Phi) is 4.40. The molecule has 0 bridgehead atoms. The summed E-state index contributed by atoms with van der Waals surface area (Å²) >= 11 is 7.56. The number of aromatic nitrogens is 2. The standard InChI is InChI=1S/C15H17ClN2O2S/c16-11-4-1-5-12-14(11)18(8-2-3-10-6-7-10)15(17-12)21-9-13(19)20/h1,4-5,10H,2-3,6-9H2,(H,19,20). The smallest absolute Gasteiger partial charge is 0.313 e. The number of hydrogen-bond donors (Lipinski definition) is 1. The maximum absolute atomic E-state index is 10.8. The molecule has 1 fully saturated rings. The number of rotatable bonds is 7. The monoisotopic (exact) mass is 324 g/mol. The van der Waals surface area contributed by atoms with Crippen molar-refractivity contribution in [2.24, 2.45) is 5.92 Å².